The number of hydrogen-bond acceptors (Lipinski definition) is 4. The molecule has 0 spiro atoms. The number of rotatable bonds is 4. The molecular weight excluding hydrogens is 355 g/mol. The molecule has 1 aromatic rings. The van der Waals surface area contributed by atoms with Crippen LogP contribution in [0.4, 0.5) is 0 Å². The lowest BCUT2D eigenvalue weighted by atomic mass is 10.1. The number of halogens is 1. The van der Waals surface area contributed by atoms with E-state index in [1.807, 2.05) is 22.6 Å². The van der Waals surface area contributed by atoms with Crippen molar-refractivity contribution >= 4 is 38.4 Å². The van der Waals surface area contributed by atoms with Gasteiger partial charge in [-0.05, 0) is 24.1 Å². The van der Waals surface area contributed by atoms with Crippen LogP contribution in [-0.2, 0) is 25.8 Å². The van der Waals surface area contributed by atoms with Gasteiger partial charge in [0.15, 0.2) is 9.84 Å². The molecule has 0 heterocycles. The molecule has 0 saturated carbocycles. The van der Waals surface area contributed by atoms with Crippen molar-refractivity contribution in [2.75, 3.05) is 10.9 Å². The predicted octanol–water partition coefficient (Wildman–Crippen LogP) is 1.88. The third-order valence-electron chi connectivity index (χ3n) is 2.31. The zero-order valence-electron chi connectivity index (χ0n) is 9.57. The second-order valence-corrected chi connectivity index (χ2v) is 7.33. The van der Waals surface area contributed by atoms with E-state index < -0.39 is 9.84 Å². The summed E-state index contributed by atoms with van der Waals surface area (Å²) in [6.45, 7) is 1.74. The number of carbonyl (C=O) groups is 1. The SMILES string of the molecule is COC(=O)Cc1ccc(C)c(S(=O)(=O)CI)c1. The van der Waals surface area contributed by atoms with Gasteiger partial charge in [0.2, 0.25) is 0 Å². The van der Waals surface area contributed by atoms with Crippen LogP contribution in [0, 0.1) is 6.92 Å². The predicted molar refractivity (Wildman–Crippen MR) is 73.0 cm³/mol. The summed E-state index contributed by atoms with van der Waals surface area (Å²) in [6.07, 6.45) is 0.0839. The van der Waals surface area contributed by atoms with Gasteiger partial charge in [-0.1, -0.05) is 34.7 Å². The van der Waals surface area contributed by atoms with Crippen molar-refractivity contribution in [1.82, 2.24) is 0 Å². The van der Waals surface area contributed by atoms with Gasteiger partial charge < -0.3 is 4.74 Å². The number of hydrogen-bond donors (Lipinski definition) is 0. The standard InChI is InChI=1S/C11H13IO4S/c1-8-3-4-9(6-11(13)16-2)5-10(8)17(14,15)7-12/h3-5H,6-7H2,1-2H3. The average molecular weight is 368 g/mol. The van der Waals surface area contributed by atoms with E-state index in [1.165, 1.54) is 7.11 Å². The topological polar surface area (TPSA) is 60.4 Å². The van der Waals surface area contributed by atoms with Crippen LogP contribution in [0.1, 0.15) is 11.1 Å². The minimum Gasteiger partial charge on any atom is -0.469 e. The molecule has 0 saturated heterocycles. The van der Waals surface area contributed by atoms with Gasteiger partial charge in [0.05, 0.1) is 18.4 Å². The highest BCUT2D eigenvalue weighted by Crippen LogP contribution is 2.20. The Balaban J connectivity index is 3.16. The first-order valence-corrected chi connectivity index (χ1v) is 8.03. The summed E-state index contributed by atoms with van der Waals surface area (Å²) in [5.41, 5.74) is 1.33. The Kier molecular flexibility index (Phi) is 4.93. The lowest BCUT2D eigenvalue weighted by Gasteiger charge is -2.07. The fourth-order valence-electron chi connectivity index (χ4n) is 1.39. The molecule has 0 N–H and O–H groups in total. The maximum Gasteiger partial charge on any atom is 0.309 e. The molecule has 0 aliphatic carbocycles. The fraction of sp³-hybridized carbons (Fsp3) is 0.364. The molecule has 0 bridgehead atoms. The van der Waals surface area contributed by atoms with Crippen molar-refractivity contribution in [2.45, 2.75) is 18.2 Å². The number of ether oxygens (including phenoxy) is 1. The summed E-state index contributed by atoms with van der Waals surface area (Å²) in [7, 11) is -1.95. The maximum absolute atomic E-state index is 11.8. The lowest BCUT2D eigenvalue weighted by molar-refractivity contribution is -0.139. The van der Waals surface area contributed by atoms with Crippen molar-refractivity contribution in [3.8, 4) is 0 Å². The number of sulfone groups is 1. The monoisotopic (exact) mass is 368 g/mol. The molecule has 0 atom stereocenters. The number of alkyl halides is 1. The lowest BCUT2D eigenvalue weighted by Crippen LogP contribution is -2.08. The van der Waals surface area contributed by atoms with E-state index in [1.54, 1.807) is 25.1 Å². The molecule has 4 nitrogen and oxygen atoms in total. The maximum atomic E-state index is 11.8. The molecular formula is C11H13IO4S. The average Bonchev–Trinajstić information content (AvgIpc) is 2.31. The van der Waals surface area contributed by atoms with E-state index in [4.69, 9.17) is 0 Å². The van der Waals surface area contributed by atoms with Crippen molar-refractivity contribution in [1.29, 1.82) is 0 Å². The minimum atomic E-state index is -3.26. The fourth-order valence-corrected chi connectivity index (χ4v) is 3.40. The van der Waals surface area contributed by atoms with Gasteiger partial charge in [0, 0.05) is 0 Å². The molecule has 94 valence electrons. The zero-order valence-corrected chi connectivity index (χ0v) is 12.5. The van der Waals surface area contributed by atoms with E-state index in [2.05, 4.69) is 4.74 Å². The first-order valence-electron chi connectivity index (χ1n) is 4.86. The smallest absolute Gasteiger partial charge is 0.309 e. The number of aryl methyl sites for hydroxylation is 1. The van der Waals surface area contributed by atoms with Gasteiger partial charge in [0.1, 0.15) is 3.76 Å². The normalized spacial score (nSPS) is 11.2. The van der Waals surface area contributed by atoms with Crippen LogP contribution in [0.5, 0.6) is 0 Å². The second-order valence-electron chi connectivity index (χ2n) is 3.58. The zero-order chi connectivity index (χ0) is 13.1. The Bertz CT molecular complexity index is 522. The summed E-state index contributed by atoms with van der Waals surface area (Å²) in [5, 5.41) is 0. The Labute approximate surface area is 114 Å². The summed E-state index contributed by atoms with van der Waals surface area (Å²) in [4.78, 5) is 11.4. The van der Waals surface area contributed by atoms with Gasteiger partial charge in [-0.3, -0.25) is 4.79 Å². The van der Waals surface area contributed by atoms with Crippen LogP contribution in [0.2, 0.25) is 0 Å². The van der Waals surface area contributed by atoms with Crippen LogP contribution >= 0.6 is 22.6 Å². The van der Waals surface area contributed by atoms with Crippen LogP contribution in [-0.4, -0.2) is 25.3 Å². The molecule has 0 aliphatic rings. The molecule has 6 heteroatoms. The Hall–Kier alpha value is -0.630. The minimum absolute atomic E-state index is 0.0211. The summed E-state index contributed by atoms with van der Waals surface area (Å²) in [5.74, 6) is -0.383. The van der Waals surface area contributed by atoms with Gasteiger partial charge in [-0.15, -0.1) is 0 Å². The molecule has 0 fully saturated rings. The highest BCUT2D eigenvalue weighted by molar-refractivity contribution is 14.1. The van der Waals surface area contributed by atoms with Crippen molar-refractivity contribution in [3.63, 3.8) is 0 Å². The number of methoxy groups -OCH3 is 1. The van der Waals surface area contributed by atoms with Crippen LogP contribution in [0.25, 0.3) is 0 Å². The Morgan fingerprint density at radius 2 is 2.06 bits per heavy atom. The van der Waals surface area contributed by atoms with E-state index in [-0.39, 0.29) is 21.0 Å². The summed E-state index contributed by atoms with van der Waals surface area (Å²) >= 11 is 1.82. The van der Waals surface area contributed by atoms with Gasteiger partial charge in [-0.25, -0.2) is 8.42 Å². The van der Waals surface area contributed by atoms with Crippen LogP contribution in [0.3, 0.4) is 0 Å². The molecule has 0 aliphatic heterocycles. The highest BCUT2D eigenvalue weighted by Gasteiger charge is 2.16. The summed E-state index contributed by atoms with van der Waals surface area (Å²) in [6, 6.07) is 4.98. The molecule has 1 aromatic carbocycles. The van der Waals surface area contributed by atoms with Crippen molar-refractivity contribution in [2.24, 2.45) is 0 Å². The van der Waals surface area contributed by atoms with Gasteiger partial charge in [0.25, 0.3) is 0 Å². The van der Waals surface area contributed by atoms with E-state index in [0.29, 0.717) is 11.1 Å². The quantitative estimate of drug-likeness (QED) is 0.463. The molecule has 0 radical (unpaired) electrons. The first kappa shape index (κ1) is 14.4. The van der Waals surface area contributed by atoms with Crippen LogP contribution < -0.4 is 0 Å². The Morgan fingerprint density at radius 3 is 2.59 bits per heavy atom. The molecule has 0 unspecified atom stereocenters. The van der Waals surface area contributed by atoms with E-state index >= 15 is 0 Å². The molecule has 0 amide bonds. The largest absolute Gasteiger partial charge is 0.469 e. The molecule has 0 aromatic heterocycles. The third-order valence-corrected chi connectivity index (χ3v) is 6.16. The van der Waals surface area contributed by atoms with Crippen molar-refractivity contribution < 1.29 is 17.9 Å². The summed E-state index contributed by atoms with van der Waals surface area (Å²) < 4.78 is 28.2. The van der Waals surface area contributed by atoms with Crippen molar-refractivity contribution in [3.05, 3.63) is 29.3 Å². The first-order chi connectivity index (χ1) is 7.90. The molecule has 1 rings (SSSR count). The van der Waals surface area contributed by atoms with Gasteiger partial charge in [-0.2, -0.15) is 0 Å². The number of esters is 1. The molecule has 17 heavy (non-hydrogen) atoms. The van der Waals surface area contributed by atoms with Gasteiger partial charge >= 0.3 is 5.97 Å². The van der Waals surface area contributed by atoms with E-state index in [0.717, 1.165) is 0 Å². The number of carbonyl (C=O) groups excluding carboxylic acids is 1. The highest BCUT2D eigenvalue weighted by atomic mass is 127. The Morgan fingerprint density at radius 1 is 1.41 bits per heavy atom. The third kappa shape index (κ3) is 3.67. The number of benzene rings is 1. The second kappa shape index (κ2) is 5.81. The van der Waals surface area contributed by atoms with Crippen LogP contribution in [0.15, 0.2) is 23.1 Å². The van der Waals surface area contributed by atoms with E-state index in [9.17, 15) is 13.2 Å².